The SMILES string of the molecule is CC(C)c1ccns1.CCCc1cccs1.CCc1ccns1. The number of hydrogen-bond acceptors (Lipinski definition) is 5. The van der Waals surface area contributed by atoms with Gasteiger partial charge in [0.2, 0.25) is 0 Å². The molecule has 3 aromatic heterocycles. The molecular weight excluding hydrogens is 340 g/mol. The fraction of sp³-hybridized carbons (Fsp3) is 0.444. The standard InChI is InChI=1S/C7H10S.C6H9NS.C5H7NS/c1-2-4-7-5-3-6-8-7;1-5(2)6-3-4-7-8-6;1-2-5-3-4-6-7-5/h3,5-6H,2,4H2,1H3;3-5H,1-2H3;3-4H,2H2,1H3. The Morgan fingerprint density at radius 2 is 1.70 bits per heavy atom. The molecule has 0 aliphatic rings. The molecule has 0 radical (unpaired) electrons. The third kappa shape index (κ3) is 8.98. The first-order chi connectivity index (χ1) is 11.2. The van der Waals surface area contributed by atoms with E-state index >= 15 is 0 Å². The van der Waals surface area contributed by atoms with Crippen molar-refractivity contribution in [2.75, 3.05) is 0 Å². The Labute approximate surface area is 152 Å². The summed E-state index contributed by atoms with van der Waals surface area (Å²) in [4.78, 5) is 4.23. The van der Waals surface area contributed by atoms with Crippen LogP contribution in [-0.2, 0) is 12.8 Å². The highest BCUT2D eigenvalue weighted by molar-refractivity contribution is 7.09. The summed E-state index contributed by atoms with van der Waals surface area (Å²) in [5.74, 6) is 0.641. The quantitative estimate of drug-likeness (QED) is 0.515. The van der Waals surface area contributed by atoms with Crippen LogP contribution >= 0.6 is 34.4 Å². The largest absolute Gasteiger partial charge is 0.201 e. The van der Waals surface area contributed by atoms with Crippen LogP contribution in [0.1, 0.15) is 54.7 Å². The van der Waals surface area contributed by atoms with Crippen LogP contribution in [0, 0.1) is 0 Å². The van der Waals surface area contributed by atoms with Crippen molar-refractivity contribution in [2.24, 2.45) is 0 Å². The third-order valence-corrected chi connectivity index (χ3v) is 5.81. The van der Waals surface area contributed by atoms with Crippen LogP contribution in [0.25, 0.3) is 0 Å². The summed E-state index contributed by atoms with van der Waals surface area (Å²) < 4.78 is 7.92. The predicted octanol–water partition coefficient (Wildman–Crippen LogP) is 6.67. The van der Waals surface area contributed by atoms with Gasteiger partial charge >= 0.3 is 0 Å². The van der Waals surface area contributed by atoms with E-state index in [9.17, 15) is 0 Å². The topological polar surface area (TPSA) is 25.8 Å². The Hall–Kier alpha value is -1.04. The lowest BCUT2D eigenvalue weighted by molar-refractivity contribution is 0.890. The maximum atomic E-state index is 3.99. The summed E-state index contributed by atoms with van der Waals surface area (Å²) in [6, 6.07) is 8.41. The molecule has 0 aliphatic carbocycles. The second-order valence-corrected chi connectivity index (χ2v) is 8.05. The summed E-state index contributed by atoms with van der Waals surface area (Å²) in [5.41, 5.74) is 0. The Morgan fingerprint density at radius 1 is 0.957 bits per heavy atom. The second kappa shape index (κ2) is 12.4. The number of hydrogen-bond donors (Lipinski definition) is 0. The van der Waals surface area contributed by atoms with E-state index < -0.39 is 0 Å². The zero-order valence-electron chi connectivity index (χ0n) is 14.4. The smallest absolute Gasteiger partial charge is 0.0409 e. The number of nitrogens with zero attached hydrogens (tertiary/aromatic N) is 2. The van der Waals surface area contributed by atoms with E-state index in [1.807, 2.05) is 29.8 Å². The molecule has 0 fully saturated rings. The van der Waals surface area contributed by atoms with Crippen molar-refractivity contribution in [2.45, 2.75) is 52.9 Å². The summed E-state index contributed by atoms with van der Waals surface area (Å²) in [6.45, 7) is 8.69. The van der Waals surface area contributed by atoms with Gasteiger partial charge in [-0.05, 0) is 65.4 Å². The molecule has 0 aliphatic heterocycles. The first kappa shape index (κ1) is 20.0. The second-order valence-electron chi connectivity index (χ2n) is 5.23. The summed E-state index contributed by atoms with van der Waals surface area (Å²) in [6.07, 6.45) is 7.31. The lowest BCUT2D eigenvalue weighted by Gasteiger charge is -1.94. The van der Waals surface area contributed by atoms with Gasteiger partial charge in [-0.3, -0.25) is 0 Å². The van der Waals surface area contributed by atoms with Crippen LogP contribution in [-0.4, -0.2) is 8.75 Å². The van der Waals surface area contributed by atoms with E-state index in [-0.39, 0.29) is 0 Å². The molecule has 0 saturated heterocycles. The summed E-state index contributed by atoms with van der Waals surface area (Å²) >= 11 is 5.00. The molecule has 3 aromatic rings. The van der Waals surface area contributed by atoms with Crippen LogP contribution in [0.5, 0.6) is 0 Å². The Bertz CT molecular complexity index is 570. The first-order valence-electron chi connectivity index (χ1n) is 7.99. The normalized spacial score (nSPS) is 9.78. The van der Waals surface area contributed by atoms with Gasteiger partial charge in [-0.2, -0.15) is 0 Å². The van der Waals surface area contributed by atoms with Crippen molar-refractivity contribution < 1.29 is 0 Å². The lowest BCUT2D eigenvalue weighted by atomic mass is 10.2. The minimum Gasteiger partial charge on any atom is -0.201 e. The molecule has 5 heteroatoms. The molecule has 0 N–H and O–H groups in total. The summed E-state index contributed by atoms with van der Waals surface area (Å²) in [7, 11) is 0. The molecule has 0 atom stereocenters. The molecule has 0 saturated carbocycles. The highest BCUT2D eigenvalue weighted by Gasteiger charge is 1.97. The van der Waals surface area contributed by atoms with Crippen LogP contribution < -0.4 is 0 Å². The van der Waals surface area contributed by atoms with Crippen molar-refractivity contribution in [3.8, 4) is 0 Å². The van der Waals surface area contributed by atoms with E-state index in [1.165, 1.54) is 27.5 Å². The Kier molecular flexibility index (Phi) is 10.8. The summed E-state index contributed by atoms with van der Waals surface area (Å²) in [5, 5.41) is 2.13. The molecule has 3 heterocycles. The average Bonchev–Trinajstić information content (AvgIpc) is 3.31. The number of thiophene rings is 1. The van der Waals surface area contributed by atoms with E-state index in [1.54, 1.807) is 23.1 Å². The zero-order chi connectivity index (χ0) is 16.9. The molecule has 23 heavy (non-hydrogen) atoms. The first-order valence-corrected chi connectivity index (χ1v) is 10.4. The molecule has 0 unspecified atom stereocenters. The highest BCUT2D eigenvalue weighted by Crippen LogP contribution is 2.16. The zero-order valence-corrected chi connectivity index (χ0v) is 16.8. The van der Waals surface area contributed by atoms with Crippen molar-refractivity contribution in [3.05, 3.63) is 56.7 Å². The van der Waals surface area contributed by atoms with Crippen LogP contribution in [0.4, 0.5) is 0 Å². The molecule has 0 aromatic carbocycles. The van der Waals surface area contributed by atoms with E-state index in [0.29, 0.717) is 5.92 Å². The van der Waals surface area contributed by atoms with Crippen molar-refractivity contribution in [3.63, 3.8) is 0 Å². The predicted molar refractivity (Wildman–Crippen MR) is 106 cm³/mol. The molecule has 2 nitrogen and oxygen atoms in total. The van der Waals surface area contributed by atoms with E-state index in [4.69, 9.17) is 0 Å². The maximum Gasteiger partial charge on any atom is 0.0409 e. The third-order valence-electron chi connectivity index (χ3n) is 2.94. The van der Waals surface area contributed by atoms with Crippen LogP contribution in [0.15, 0.2) is 42.0 Å². The highest BCUT2D eigenvalue weighted by atomic mass is 32.1. The fourth-order valence-electron chi connectivity index (χ4n) is 1.65. The molecule has 0 bridgehead atoms. The fourth-order valence-corrected chi connectivity index (χ4v) is 3.54. The molecule has 126 valence electrons. The van der Waals surface area contributed by atoms with Crippen molar-refractivity contribution in [1.29, 1.82) is 0 Å². The van der Waals surface area contributed by atoms with Gasteiger partial charge in [0.1, 0.15) is 0 Å². The van der Waals surface area contributed by atoms with Crippen LogP contribution in [0.3, 0.4) is 0 Å². The Balaban J connectivity index is 0.000000173. The number of aryl methyl sites for hydroxylation is 2. The van der Waals surface area contributed by atoms with Crippen molar-refractivity contribution >= 4 is 34.4 Å². The van der Waals surface area contributed by atoms with E-state index in [2.05, 4.69) is 60.0 Å². The number of rotatable bonds is 4. The molecule has 3 rings (SSSR count). The molecular formula is C18H26N2S3. The van der Waals surface area contributed by atoms with Gasteiger partial charge in [0, 0.05) is 27.0 Å². The monoisotopic (exact) mass is 366 g/mol. The maximum absolute atomic E-state index is 3.99. The minimum absolute atomic E-state index is 0.641. The van der Waals surface area contributed by atoms with Gasteiger partial charge in [0.05, 0.1) is 0 Å². The van der Waals surface area contributed by atoms with E-state index in [0.717, 1.165) is 6.42 Å². The van der Waals surface area contributed by atoms with Gasteiger partial charge in [-0.15, -0.1) is 11.3 Å². The van der Waals surface area contributed by atoms with Gasteiger partial charge in [-0.25, -0.2) is 8.75 Å². The van der Waals surface area contributed by atoms with Gasteiger partial charge in [0.25, 0.3) is 0 Å². The van der Waals surface area contributed by atoms with Gasteiger partial charge in [-0.1, -0.05) is 40.2 Å². The van der Waals surface area contributed by atoms with Gasteiger partial charge < -0.3 is 0 Å². The average molecular weight is 367 g/mol. The minimum atomic E-state index is 0.641. The van der Waals surface area contributed by atoms with Gasteiger partial charge in [0.15, 0.2) is 0 Å². The van der Waals surface area contributed by atoms with Crippen LogP contribution in [0.2, 0.25) is 0 Å². The van der Waals surface area contributed by atoms with Crippen molar-refractivity contribution in [1.82, 2.24) is 8.75 Å². The number of aromatic nitrogens is 2. The Morgan fingerprint density at radius 3 is 2.04 bits per heavy atom. The molecule has 0 spiro atoms. The molecule has 0 amide bonds. The lowest BCUT2D eigenvalue weighted by Crippen LogP contribution is -1.77.